The molecule has 2 unspecified atom stereocenters. The third-order valence-electron chi connectivity index (χ3n) is 9.24. The Balaban J connectivity index is 4.08. The lowest BCUT2D eigenvalue weighted by Crippen LogP contribution is -2.28. The van der Waals surface area contributed by atoms with Crippen molar-refractivity contribution < 1.29 is 32.8 Å². The highest BCUT2D eigenvalue weighted by atomic mass is 31.2. The second kappa shape index (κ2) is 46.5. The molecule has 0 aliphatic rings. The largest absolute Gasteiger partial charge is 0.472 e. The maximum atomic E-state index is 12.6. The van der Waals surface area contributed by atoms with Crippen LogP contribution < -0.4 is 5.73 Å². The van der Waals surface area contributed by atoms with Gasteiger partial charge in [0, 0.05) is 19.6 Å². The summed E-state index contributed by atoms with van der Waals surface area (Å²) in [6.07, 6.45) is 61.5. The maximum absolute atomic E-state index is 12.6. The number of hydrogen-bond donors (Lipinski definition) is 2. The first-order valence-electron chi connectivity index (χ1n) is 23.2. The Morgan fingerprint density at radius 3 is 1.44 bits per heavy atom. The van der Waals surface area contributed by atoms with Gasteiger partial charge in [0.25, 0.3) is 0 Å². The Bertz CT molecular complexity index is 1220. The highest BCUT2D eigenvalue weighted by molar-refractivity contribution is 7.47. The molecule has 3 N–H and O–H groups in total. The van der Waals surface area contributed by atoms with Crippen molar-refractivity contribution in [2.75, 3.05) is 33.0 Å². The summed E-state index contributed by atoms with van der Waals surface area (Å²) in [6.45, 7) is 4.70. The molecule has 2 atom stereocenters. The fraction of sp³-hybridized carbons (Fsp3) is 0.660. The summed E-state index contributed by atoms with van der Waals surface area (Å²) in [4.78, 5) is 22.5. The van der Waals surface area contributed by atoms with Crippen LogP contribution in [0.5, 0.6) is 0 Å². The Labute approximate surface area is 361 Å². The molecule has 0 aromatic heterocycles. The molecule has 0 aromatic rings. The number of nitrogens with two attached hydrogens (primary N) is 1. The smallest absolute Gasteiger partial charge is 0.457 e. The molecule has 0 saturated heterocycles. The molecule has 0 bridgehead atoms. The van der Waals surface area contributed by atoms with Gasteiger partial charge in [0.1, 0.15) is 6.10 Å². The lowest BCUT2D eigenvalue weighted by atomic mass is 10.1. The molecule has 0 fully saturated rings. The number of rotatable bonds is 43. The molecular weight excluding hydrogens is 758 g/mol. The molecule has 0 radical (unpaired) electrons. The number of ether oxygens (including phenoxy) is 2. The Morgan fingerprint density at radius 2 is 0.949 bits per heavy atom. The van der Waals surface area contributed by atoms with E-state index < -0.39 is 13.9 Å². The first-order valence-corrected chi connectivity index (χ1v) is 24.7. The van der Waals surface area contributed by atoms with Crippen LogP contribution in [0.15, 0.2) is 97.2 Å². The number of carbonyl (C=O) groups excluding carboxylic acids is 1. The van der Waals surface area contributed by atoms with Crippen LogP contribution in [0.4, 0.5) is 0 Å². The second-order valence-electron chi connectivity index (χ2n) is 14.9. The van der Waals surface area contributed by atoms with Crippen LogP contribution in [0.1, 0.15) is 174 Å². The molecule has 59 heavy (non-hydrogen) atoms. The molecule has 8 nitrogen and oxygen atoms in total. The van der Waals surface area contributed by atoms with Gasteiger partial charge in [-0.2, -0.15) is 0 Å². The number of unbranched alkanes of at least 4 members (excludes halogenated alkanes) is 14. The highest BCUT2D eigenvalue weighted by Crippen LogP contribution is 2.43. The van der Waals surface area contributed by atoms with E-state index in [1.807, 2.05) is 0 Å². The number of phosphoric ester groups is 1. The first-order chi connectivity index (χ1) is 28.9. The van der Waals surface area contributed by atoms with Gasteiger partial charge in [0.2, 0.25) is 0 Å². The van der Waals surface area contributed by atoms with Crippen LogP contribution in [0, 0.1) is 0 Å². The maximum Gasteiger partial charge on any atom is 0.472 e. The monoisotopic (exact) mass is 844 g/mol. The minimum atomic E-state index is -4.29. The zero-order valence-electron chi connectivity index (χ0n) is 37.4. The van der Waals surface area contributed by atoms with Crippen LogP contribution in [-0.4, -0.2) is 49.9 Å². The Hall–Kier alpha value is -2.58. The van der Waals surface area contributed by atoms with Gasteiger partial charge in [0.05, 0.1) is 19.8 Å². The van der Waals surface area contributed by atoms with Crippen LogP contribution in [0.25, 0.3) is 0 Å². The van der Waals surface area contributed by atoms with Gasteiger partial charge >= 0.3 is 13.8 Å². The predicted octanol–water partition coefficient (Wildman–Crippen LogP) is 14.2. The third-order valence-corrected chi connectivity index (χ3v) is 10.2. The number of esters is 1. The zero-order valence-corrected chi connectivity index (χ0v) is 38.3. The van der Waals surface area contributed by atoms with E-state index in [4.69, 9.17) is 24.3 Å². The summed E-state index contributed by atoms with van der Waals surface area (Å²) in [6, 6.07) is 0. The molecule has 0 saturated carbocycles. The van der Waals surface area contributed by atoms with E-state index in [2.05, 4.69) is 111 Å². The normalized spacial score (nSPS) is 14.3. The van der Waals surface area contributed by atoms with E-state index in [-0.39, 0.29) is 32.3 Å². The topological polar surface area (TPSA) is 117 Å². The van der Waals surface area contributed by atoms with E-state index in [0.717, 1.165) is 109 Å². The fourth-order valence-corrected chi connectivity index (χ4v) is 6.62. The van der Waals surface area contributed by atoms with E-state index in [1.165, 1.54) is 44.9 Å². The van der Waals surface area contributed by atoms with Crippen molar-refractivity contribution in [3.05, 3.63) is 97.2 Å². The summed E-state index contributed by atoms with van der Waals surface area (Å²) in [5.74, 6) is -0.353. The Kier molecular flexibility index (Phi) is 44.5. The lowest BCUT2D eigenvalue weighted by molar-refractivity contribution is -0.154. The van der Waals surface area contributed by atoms with Gasteiger partial charge in [-0.05, 0) is 96.3 Å². The van der Waals surface area contributed by atoms with Crippen LogP contribution in [0.2, 0.25) is 0 Å². The summed E-state index contributed by atoms with van der Waals surface area (Å²) in [7, 11) is -4.29. The van der Waals surface area contributed by atoms with Gasteiger partial charge in [0.15, 0.2) is 0 Å². The van der Waals surface area contributed by atoms with Crippen molar-refractivity contribution in [1.82, 2.24) is 0 Å². The van der Waals surface area contributed by atoms with Crippen molar-refractivity contribution in [1.29, 1.82) is 0 Å². The van der Waals surface area contributed by atoms with E-state index >= 15 is 0 Å². The average Bonchev–Trinajstić information content (AvgIpc) is 3.23. The molecular formula is C50H86NO7P. The molecule has 0 aliphatic heterocycles. The molecule has 0 rings (SSSR count). The zero-order chi connectivity index (χ0) is 43.0. The summed E-state index contributed by atoms with van der Waals surface area (Å²) in [5.41, 5.74) is 5.37. The minimum absolute atomic E-state index is 0.0892. The number of carbonyl (C=O) groups is 1. The molecule has 0 amide bonds. The molecule has 338 valence electrons. The highest BCUT2D eigenvalue weighted by Gasteiger charge is 2.25. The summed E-state index contributed by atoms with van der Waals surface area (Å²) in [5, 5.41) is 0. The van der Waals surface area contributed by atoms with Crippen molar-refractivity contribution in [2.45, 2.75) is 180 Å². The first kappa shape index (κ1) is 56.4. The van der Waals surface area contributed by atoms with Crippen molar-refractivity contribution in [2.24, 2.45) is 5.73 Å². The van der Waals surface area contributed by atoms with Gasteiger partial charge < -0.3 is 20.1 Å². The van der Waals surface area contributed by atoms with Gasteiger partial charge in [-0.15, -0.1) is 0 Å². The van der Waals surface area contributed by atoms with E-state index in [0.29, 0.717) is 13.0 Å². The van der Waals surface area contributed by atoms with E-state index in [1.54, 1.807) is 0 Å². The van der Waals surface area contributed by atoms with Gasteiger partial charge in [-0.1, -0.05) is 169 Å². The van der Waals surface area contributed by atoms with Crippen molar-refractivity contribution in [3.63, 3.8) is 0 Å². The lowest BCUT2D eigenvalue weighted by Gasteiger charge is -2.20. The third kappa shape index (κ3) is 46.3. The fourth-order valence-electron chi connectivity index (χ4n) is 5.85. The van der Waals surface area contributed by atoms with Crippen LogP contribution >= 0.6 is 7.82 Å². The van der Waals surface area contributed by atoms with Gasteiger partial charge in [-0.3, -0.25) is 13.8 Å². The van der Waals surface area contributed by atoms with E-state index in [9.17, 15) is 14.3 Å². The predicted molar refractivity (Wildman–Crippen MR) is 251 cm³/mol. The molecule has 9 heteroatoms. The minimum Gasteiger partial charge on any atom is -0.457 e. The number of hydrogen-bond acceptors (Lipinski definition) is 7. The second-order valence-corrected chi connectivity index (χ2v) is 16.3. The summed E-state index contributed by atoms with van der Waals surface area (Å²) < 4.78 is 33.4. The standard InChI is InChI=1S/C50H86NO7P/c1-3-5-7-9-11-13-15-17-19-20-21-22-23-24-25-26-27-28-29-30-32-34-36-38-40-42-45-55-47-49(48-57-59(53,54)56-46-44-51)58-50(52)43-41-39-37-35-33-31-18-16-14-12-10-8-6-4-2/h5,7,11,13,16-19,21-22,24-25,27-28,30,32,49H,3-4,6,8-10,12,14-15,20,23,26,29,31,33-48,51H2,1-2H3,(H,53,54)/b7-5-,13-11-,18-16-,19-17-,22-21-,25-24-,28-27-,32-30-. The molecule has 0 aromatic carbocycles. The molecule has 0 spiro atoms. The SMILES string of the molecule is CC/C=C\C/C=C\C/C=C\C/C=C\C/C=C\C/C=C\C/C=C\CCCCCCOCC(COP(=O)(O)OCCN)OC(=O)CCCCCCC/C=C\CCCCCCC. The average molecular weight is 844 g/mol. The summed E-state index contributed by atoms with van der Waals surface area (Å²) >= 11 is 0. The Morgan fingerprint density at radius 1 is 0.525 bits per heavy atom. The molecule has 0 aliphatic carbocycles. The van der Waals surface area contributed by atoms with Crippen LogP contribution in [0.3, 0.4) is 0 Å². The van der Waals surface area contributed by atoms with Crippen molar-refractivity contribution >= 4 is 13.8 Å². The number of allylic oxidation sites excluding steroid dienone is 16. The quantitative estimate of drug-likeness (QED) is 0.0270. The number of phosphoric acid groups is 1. The van der Waals surface area contributed by atoms with Crippen LogP contribution in [-0.2, 0) is 27.9 Å². The molecule has 0 heterocycles. The van der Waals surface area contributed by atoms with Crippen molar-refractivity contribution in [3.8, 4) is 0 Å². The van der Waals surface area contributed by atoms with Gasteiger partial charge in [-0.25, -0.2) is 4.57 Å².